The molecule has 3 rings (SSSR count). The third kappa shape index (κ3) is 5.79. The number of likely N-dealkylation sites (tertiary alicyclic amines) is 1. The van der Waals surface area contributed by atoms with Gasteiger partial charge in [0.05, 0.1) is 12.6 Å². The SMILES string of the molecule is CC(C)(C)OC(=O)N1C/C(=C\C2=CCC3(CC2)CC3)C[C@H]1CO[Si](C)(C)C(C)(C)C. The number of carbonyl (C=O) groups is 1. The lowest BCUT2D eigenvalue weighted by Gasteiger charge is -2.38. The fraction of sp³-hybridized carbons (Fsp3) is 0.800. The number of amides is 1. The van der Waals surface area contributed by atoms with E-state index in [0.29, 0.717) is 18.6 Å². The molecule has 0 aromatic carbocycles. The summed E-state index contributed by atoms with van der Waals surface area (Å²) in [7, 11) is -1.87. The van der Waals surface area contributed by atoms with Crippen LogP contribution in [0.1, 0.15) is 80.1 Å². The molecule has 2 fully saturated rings. The van der Waals surface area contributed by atoms with Crippen LogP contribution < -0.4 is 0 Å². The summed E-state index contributed by atoms with van der Waals surface area (Å²) in [5.74, 6) is 0. The van der Waals surface area contributed by atoms with Crippen molar-refractivity contribution in [3.8, 4) is 0 Å². The smallest absolute Gasteiger partial charge is 0.410 e. The molecule has 1 atom stereocenters. The molecule has 0 aromatic heterocycles. The van der Waals surface area contributed by atoms with Crippen LogP contribution in [-0.2, 0) is 9.16 Å². The fourth-order valence-electron chi connectivity index (χ4n) is 4.12. The number of carbonyl (C=O) groups excluding carboxylic acids is 1. The highest BCUT2D eigenvalue weighted by Gasteiger charge is 2.43. The summed E-state index contributed by atoms with van der Waals surface area (Å²) in [6.45, 7) is 18.4. The van der Waals surface area contributed by atoms with E-state index in [0.717, 1.165) is 6.42 Å². The van der Waals surface area contributed by atoms with Gasteiger partial charge in [0.2, 0.25) is 0 Å². The lowest BCUT2D eigenvalue weighted by atomic mass is 9.86. The predicted octanol–water partition coefficient (Wildman–Crippen LogP) is 6.83. The summed E-state index contributed by atoms with van der Waals surface area (Å²) < 4.78 is 12.2. The molecule has 30 heavy (non-hydrogen) atoms. The lowest BCUT2D eigenvalue weighted by Crippen LogP contribution is -2.46. The van der Waals surface area contributed by atoms with Gasteiger partial charge in [0, 0.05) is 6.54 Å². The van der Waals surface area contributed by atoms with Gasteiger partial charge >= 0.3 is 6.09 Å². The van der Waals surface area contributed by atoms with Gasteiger partial charge in [0.15, 0.2) is 8.32 Å². The molecule has 1 heterocycles. The Kier molecular flexibility index (Phi) is 6.39. The Hall–Kier alpha value is -1.07. The molecular formula is C25H43NO3Si. The zero-order chi connectivity index (χ0) is 22.4. The van der Waals surface area contributed by atoms with E-state index in [-0.39, 0.29) is 17.2 Å². The van der Waals surface area contributed by atoms with Crippen LogP contribution in [-0.4, -0.2) is 44.1 Å². The van der Waals surface area contributed by atoms with Crippen molar-refractivity contribution >= 4 is 14.4 Å². The molecule has 2 aliphatic carbocycles. The van der Waals surface area contributed by atoms with E-state index >= 15 is 0 Å². The third-order valence-corrected chi connectivity index (χ3v) is 12.0. The van der Waals surface area contributed by atoms with E-state index < -0.39 is 13.9 Å². The summed E-state index contributed by atoms with van der Waals surface area (Å²) in [6, 6.07) is 0.0548. The minimum atomic E-state index is -1.87. The molecule has 0 bridgehead atoms. The monoisotopic (exact) mass is 433 g/mol. The van der Waals surface area contributed by atoms with Crippen LogP contribution in [0.5, 0.6) is 0 Å². The summed E-state index contributed by atoms with van der Waals surface area (Å²) in [4.78, 5) is 14.8. The second-order valence-corrected chi connectivity index (χ2v) is 17.1. The van der Waals surface area contributed by atoms with E-state index in [9.17, 15) is 4.79 Å². The van der Waals surface area contributed by atoms with Crippen molar-refractivity contribution < 1.29 is 14.0 Å². The van der Waals surface area contributed by atoms with Crippen molar-refractivity contribution in [2.45, 2.75) is 110 Å². The molecule has 0 aromatic rings. The minimum Gasteiger partial charge on any atom is -0.444 e. The highest BCUT2D eigenvalue weighted by molar-refractivity contribution is 6.74. The Balaban J connectivity index is 1.71. The van der Waals surface area contributed by atoms with Crippen molar-refractivity contribution in [2.24, 2.45) is 5.41 Å². The molecule has 4 nitrogen and oxygen atoms in total. The van der Waals surface area contributed by atoms with Crippen LogP contribution in [0.2, 0.25) is 18.1 Å². The molecule has 5 heteroatoms. The molecule has 1 saturated heterocycles. The zero-order valence-electron chi connectivity index (χ0n) is 20.6. The van der Waals surface area contributed by atoms with E-state index in [1.54, 1.807) is 0 Å². The molecule has 1 aliphatic heterocycles. The molecule has 3 aliphatic rings. The number of hydrogen-bond acceptors (Lipinski definition) is 3. The van der Waals surface area contributed by atoms with Crippen LogP contribution in [0.25, 0.3) is 0 Å². The Bertz CT molecular complexity index is 720. The third-order valence-electron chi connectivity index (χ3n) is 7.47. The Labute approximate surface area is 185 Å². The first-order valence-electron chi connectivity index (χ1n) is 11.7. The lowest BCUT2D eigenvalue weighted by molar-refractivity contribution is 0.0184. The first-order valence-corrected chi connectivity index (χ1v) is 14.6. The summed E-state index contributed by atoms with van der Waals surface area (Å²) >= 11 is 0. The van der Waals surface area contributed by atoms with Crippen LogP contribution in [0.3, 0.4) is 0 Å². The van der Waals surface area contributed by atoms with Crippen molar-refractivity contribution in [2.75, 3.05) is 13.2 Å². The van der Waals surface area contributed by atoms with Gasteiger partial charge in [-0.15, -0.1) is 0 Å². The molecule has 0 N–H and O–H groups in total. The van der Waals surface area contributed by atoms with Gasteiger partial charge in [-0.2, -0.15) is 0 Å². The Morgan fingerprint density at radius 1 is 1.20 bits per heavy atom. The van der Waals surface area contributed by atoms with Crippen LogP contribution in [0.4, 0.5) is 4.79 Å². The second kappa shape index (κ2) is 8.12. The van der Waals surface area contributed by atoms with Gasteiger partial charge in [-0.25, -0.2) is 4.79 Å². The number of hydrogen-bond donors (Lipinski definition) is 0. The second-order valence-electron chi connectivity index (χ2n) is 12.3. The number of allylic oxidation sites excluding steroid dienone is 3. The predicted molar refractivity (Wildman–Crippen MR) is 126 cm³/mol. The Morgan fingerprint density at radius 3 is 2.37 bits per heavy atom. The fourth-order valence-corrected chi connectivity index (χ4v) is 5.16. The van der Waals surface area contributed by atoms with Gasteiger partial charge in [0.1, 0.15) is 5.60 Å². The summed E-state index contributed by atoms with van der Waals surface area (Å²) in [5, 5.41) is 0.159. The van der Waals surface area contributed by atoms with Crippen LogP contribution >= 0.6 is 0 Å². The van der Waals surface area contributed by atoms with Gasteiger partial charge in [-0.1, -0.05) is 38.5 Å². The summed E-state index contributed by atoms with van der Waals surface area (Å²) in [5.41, 5.74) is 2.96. The summed E-state index contributed by atoms with van der Waals surface area (Å²) in [6.07, 6.45) is 12.0. The number of nitrogens with zero attached hydrogens (tertiary/aromatic N) is 1. The van der Waals surface area contributed by atoms with Crippen LogP contribution in [0, 0.1) is 5.41 Å². The largest absolute Gasteiger partial charge is 0.444 e. The van der Waals surface area contributed by atoms with E-state index in [2.05, 4.69) is 46.0 Å². The molecule has 1 amide bonds. The van der Waals surface area contributed by atoms with E-state index in [1.165, 1.54) is 43.3 Å². The zero-order valence-corrected chi connectivity index (χ0v) is 21.6. The van der Waals surface area contributed by atoms with E-state index in [4.69, 9.17) is 9.16 Å². The average Bonchev–Trinajstić information content (AvgIpc) is 3.22. The van der Waals surface area contributed by atoms with Crippen molar-refractivity contribution in [1.29, 1.82) is 0 Å². The molecule has 1 saturated carbocycles. The van der Waals surface area contributed by atoms with Crippen molar-refractivity contribution in [3.63, 3.8) is 0 Å². The highest BCUT2D eigenvalue weighted by Crippen LogP contribution is 2.55. The quantitative estimate of drug-likeness (QED) is 0.456. The van der Waals surface area contributed by atoms with Crippen LogP contribution in [0.15, 0.2) is 23.3 Å². The molecule has 0 radical (unpaired) electrons. The maximum absolute atomic E-state index is 12.9. The maximum atomic E-state index is 12.9. The first kappa shape index (κ1) is 23.6. The molecular weight excluding hydrogens is 390 g/mol. The van der Waals surface area contributed by atoms with Crippen molar-refractivity contribution in [3.05, 3.63) is 23.3 Å². The molecule has 0 unspecified atom stereocenters. The van der Waals surface area contributed by atoms with Gasteiger partial charge in [0.25, 0.3) is 0 Å². The van der Waals surface area contributed by atoms with Gasteiger partial charge < -0.3 is 9.16 Å². The Morgan fingerprint density at radius 2 is 1.87 bits per heavy atom. The van der Waals surface area contributed by atoms with E-state index in [1.807, 2.05) is 25.7 Å². The number of ether oxygens (including phenoxy) is 1. The first-order chi connectivity index (χ1) is 13.7. The topological polar surface area (TPSA) is 38.8 Å². The van der Waals surface area contributed by atoms with Gasteiger partial charge in [-0.05, 0) is 88.4 Å². The molecule has 1 spiro atoms. The normalized spacial score (nSPS) is 25.6. The standard InChI is InChI=1S/C25H43NO3Si/c1-23(2,3)29-22(27)26-17-20(15-19-9-11-25(12-10-19)13-14-25)16-21(26)18-28-30(7,8)24(4,5)6/h9,15,21H,10-14,16-18H2,1-8H3/b20-15-/t21-/m0/s1. The highest BCUT2D eigenvalue weighted by atomic mass is 28.4. The maximum Gasteiger partial charge on any atom is 0.410 e. The molecule has 170 valence electrons. The van der Waals surface area contributed by atoms with Crippen molar-refractivity contribution in [1.82, 2.24) is 4.90 Å². The average molecular weight is 434 g/mol. The number of rotatable bonds is 4. The van der Waals surface area contributed by atoms with Gasteiger partial charge in [-0.3, -0.25) is 4.90 Å². The minimum absolute atomic E-state index is 0.0548.